The van der Waals surface area contributed by atoms with Crippen LogP contribution in [0.4, 0.5) is 0 Å². The lowest BCUT2D eigenvalue weighted by molar-refractivity contribution is 0.0959. The van der Waals surface area contributed by atoms with Gasteiger partial charge in [-0.05, 0) is 49.9 Å². The molecular formula is C15H28O. The van der Waals surface area contributed by atoms with Gasteiger partial charge in [0.2, 0.25) is 0 Å². The van der Waals surface area contributed by atoms with Gasteiger partial charge in [-0.1, -0.05) is 39.0 Å². The quantitative estimate of drug-likeness (QED) is 0.763. The van der Waals surface area contributed by atoms with Gasteiger partial charge in [-0.25, -0.2) is 0 Å². The number of aliphatic hydroxyl groups is 1. The third-order valence-electron chi connectivity index (χ3n) is 4.98. The van der Waals surface area contributed by atoms with Gasteiger partial charge < -0.3 is 5.11 Å². The normalized spacial score (nSPS) is 34.9. The Kier molecular flexibility index (Phi) is 4.69. The summed E-state index contributed by atoms with van der Waals surface area (Å²) in [6.07, 6.45) is 13.5. The smallest absolute Gasteiger partial charge is 0.0540 e. The van der Waals surface area contributed by atoms with E-state index in [2.05, 4.69) is 6.92 Å². The highest BCUT2D eigenvalue weighted by atomic mass is 16.3. The Morgan fingerprint density at radius 1 is 0.938 bits per heavy atom. The van der Waals surface area contributed by atoms with Crippen molar-refractivity contribution in [2.24, 2.45) is 17.8 Å². The molecule has 1 N–H and O–H groups in total. The van der Waals surface area contributed by atoms with Crippen LogP contribution in [0.25, 0.3) is 0 Å². The second-order valence-electron chi connectivity index (χ2n) is 6.29. The number of rotatable bonds is 3. The predicted molar refractivity (Wildman–Crippen MR) is 68.3 cm³/mol. The molecule has 0 heterocycles. The SMILES string of the molecule is CC(CC1CCC(O)CC1)C1CCCCC1. The standard InChI is InChI=1S/C15H28O/c1-12(14-5-3-2-4-6-14)11-13-7-9-15(16)10-8-13/h12-16H,2-11H2,1H3. The fourth-order valence-electron chi connectivity index (χ4n) is 3.80. The molecule has 2 saturated carbocycles. The molecule has 0 bridgehead atoms. The molecule has 94 valence electrons. The van der Waals surface area contributed by atoms with E-state index in [1.807, 2.05) is 0 Å². The molecule has 0 amide bonds. The van der Waals surface area contributed by atoms with Crippen LogP contribution in [0, 0.1) is 17.8 Å². The van der Waals surface area contributed by atoms with Gasteiger partial charge in [0, 0.05) is 0 Å². The summed E-state index contributed by atoms with van der Waals surface area (Å²) in [6.45, 7) is 2.47. The molecule has 0 radical (unpaired) electrons. The highest BCUT2D eigenvalue weighted by molar-refractivity contribution is 4.77. The molecule has 2 aliphatic rings. The first kappa shape index (κ1) is 12.4. The highest BCUT2D eigenvalue weighted by Gasteiger charge is 2.25. The van der Waals surface area contributed by atoms with Crippen LogP contribution < -0.4 is 0 Å². The van der Waals surface area contributed by atoms with Gasteiger partial charge in [0.05, 0.1) is 6.10 Å². The van der Waals surface area contributed by atoms with Crippen molar-refractivity contribution in [2.45, 2.75) is 77.2 Å². The van der Waals surface area contributed by atoms with Gasteiger partial charge in [-0.2, -0.15) is 0 Å². The Hall–Kier alpha value is -0.0400. The van der Waals surface area contributed by atoms with Crippen molar-refractivity contribution in [3.05, 3.63) is 0 Å². The Balaban J connectivity index is 1.71. The molecule has 0 aliphatic heterocycles. The third-order valence-corrected chi connectivity index (χ3v) is 4.98. The molecule has 0 aromatic heterocycles. The van der Waals surface area contributed by atoms with Crippen LogP contribution >= 0.6 is 0 Å². The van der Waals surface area contributed by atoms with E-state index < -0.39 is 0 Å². The molecule has 2 rings (SSSR count). The summed E-state index contributed by atoms with van der Waals surface area (Å²) in [4.78, 5) is 0. The van der Waals surface area contributed by atoms with Crippen molar-refractivity contribution in [1.29, 1.82) is 0 Å². The van der Waals surface area contributed by atoms with Crippen LogP contribution in [-0.2, 0) is 0 Å². The van der Waals surface area contributed by atoms with E-state index in [1.54, 1.807) is 0 Å². The van der Waals surface area contributed by atoms with Gasteiger partial charge in [-0.15, -0.1) is 0 Å². The van der Waals surface area contributed by atoms with Crippen molar-refractivity contribution in [2.75, 3.05) is 0 Å². The van der Waals surface area contributed by atoms with E-state index in [0.717, 1.165) is 30.6 Å². The van der Waals surface area contributed by atoms with E-state index >= 15 is 0 Å². The topological polar surface area (TPSA) is 20.2 Å². The first-order valence-electron chi connectivity index (χ1n) is 7.43. The number of hydrogen-bond donors (Lipinski definition) is 1. The first-order valence-corrected chi connectivity index (χ1v) is 7.43. The molecule has 0 aromatic rings. The Bertz CT molecular complexity index is 188. The Labute approximate surface area is 101 Å². The van der Waals surface area contributed by atoms with Crippen LogP contribution in [0.15, 0.2) is 0 Å². The summed E-state index contributed by atoms with van der Waals surface area (Å²) in [5.41, 5.74) is 0. The van der Waals surface area contributed by atoms with Crippen molar-refractivity contribution in [3.63, 3.8) is 0 Å². The zero-order valence-corrected chi connectivity index (χ0v) is 10.8. The molecule has 2 aliphatic carbocycles. The molecule has 1 atom stereocenters. The zero-order valence-electron chi connectivity index (χ0n) is 10.8. The predicted octanol–water partition coefficient (Wildman–Crippen LogP) is 4.14. The van der Waals surface area contributed by atoms with Gasteiger partial charge in [-0.3, -0.25) is 0 Å². The van der Waals surface area contributed by atoms with Crippen LogP contribution in [-0.4, -0.2) is 11.2 Å². The van der Waals surface area contributed by atoms with E-state index in [9.17, 15) is 5.11 Å². The van der Waals surface area contributed by atoms with Crippen molar-refractivity contribution in [3.8, 4) is 0 Å². The number of aliphatic hydroxyl groups excluding tert-OH is 1. The van der Waals surface area contributed by atoms with E-state index in [1.165, 1.54) is 51.4 Å². The highest BCUT2D eigenvalue weighted by Crippen LogP contribution is 2.36. The second-order valence-corrected chi connectivity index (χ2v) is 6.29. The Morgan fingerprint density at radius 2 is 1.56 bits per heavy atom. The second kappa shape index (κ2) is 6.05. The average Bonchev–Trinajstić information content (AvgIpc) is 2.33. The molecular weight excluding hydrogens is 196 g/mol. The van der Waals surface area contributed by atoms with Crippen molar-refractivity contribution in [1.82, 2.24) is 0 Å². The third kappa shape index (κ3) is 3.48. The lowest BCUT2D eigenvalue weighted by atomic mass is 9.74. The average molecular weight is 224 g/mol. The van der Waals surface area contributed by atoms with Gasteiger partial charge in [0.15, 0.2) is 0 Å². The maximum atomic E-state index is 9.51. The van der Waals surface area contributed by atoms with E-state index in [4.69, 9.17) is 0 Å². The maximum Gasteiger partial charge on any atom is 0.0540 e. The number of hydrogen-bond acceptors (Lipinski definition) is 1. The maximum absolute atomic E-state index is 9.51. The zero-order chi connectivity index (χ0) is 11.4. The van der Waals surface area contributed by atoms with E-state index in [-0.39, 0.29) is 6.10 Å². The van der Waals surface area contributed by atoms with Gasteiger partial charge in [0.1, 0.15) is 0 Å². The molecule has 1 nitrogen and oxygen atoms in total. The van der Waals surface area contributed by atoms with Crippen LogP contribution in [0.3, 0.4) is 0 Å². The van der Waals surface area contributed by atoms with Crippen LogP contribution in [0.5, 0.6) is 0 Å². The van der Waals surface area contributed by atoms with Crippen LogP contribution in [0.2, 0.25) is 0 Å². The minimum absolute atomic E-state index is 0.0150. The molecule has 16 heavy (non-hydrogen) atoms. The van der Waals surface area contributed by atoms with Crippen molar-refractivity contribution < 1.29 is 5.11 Å². The van der Waals surface area contributed by atoms with Gasteiger partial charge >= 0.3 is 0 Å². The molecule has 0 saturated heterocycles. The Morgan fingerprint density at radius 3 is 2.19 bits per heavy atom. The molecule has 0 spiro atoms. The molecule has 0 aromatic carbocycles. The van der Waals surface area contributed by atoms with Crippen LogP contribution in [0.1, 0.15) is 71.1 Å². The fraction of sp³-hybridized carbons (Fsp3) is 1.00. The summed E-state index contributed by atoms with van der Waals surface area (Å²) >= 11 is 0. The van der Waals surface area contributed by atoms with E-state index in [0.29, 0.717) is 0 Å². The molecule has 1 unspecified atom stereocenters. The minimum atomic E-state index is 0.0150. The monoisotopic (exact) mass is 224 g/mol. The summed E-state index contributed by atoms with van der Waals surface area (Å²) in [5, 5.41) is 9.51. The summed E-state index contributed by atoms with van der Waals surface area (Å²) in [5.74, 6) is 2.86. The summed E-state index contributed by atoms with van der Waals surface area (Å²) in [6, 6.07) is 0. The minimum Gasteiger partial charge on any atom is -0.393 e. The first-order chi connectivity index (χ1) is 7.75. The largest absolute Gasteiger partial charge is 0.393 e. The van der Waals surface area contributed by atoms with Crippen molar-refractivity contribution >= 4 is 0 Å². The fourth-order valence-corrected chi connectivity index (χ4v) is 3.80. The lowest BCUT2D eigenvalue weighted by Gasteiger charge is -2.32. The summed E-state index contributed by atoms with van der Waals surface area (Å²) < 4.78 is 0. The molecule has 1 heteroatoms. The lowest BCUT2D eigenvalue weighted by Crippen LogP contribution is -2.23. The van der Waals surface area contributed by atoms with Gasteiger partial charge in [0.25, 0.3) is 0 Å². The summed E-state index contributed by atoms with van der Waals surface area (Å²) in [7, 11) is 0. The molecule has 2 fully saturated rings.